The van der Waals surface area contributed by atoms with Crippen molar-refractivity contribution in [3.05, 3.63) is 29.1 Å². The van der Waals surface area contributed by atoms with E-state index in [0.717, 1.165) is 0 Å². The number of pyridine rings is 1. The maximum Gasteiger partial charge on any atom is 0.307 e. The van der Waals surface area contributed by atoms with Gasteiger partial charge in [-0.2, -0.15) is 0 Å². The Morgan fingerprint density at radius 3 is 3.00 bits per heavy atom. The van der Waals surface area contributed by atoms with Crippen LogP contribution in [-0.2, 0) is 4.79 Å². The second-order valence-electron chi connectivity index (χ2n) is 2.63. The van der Waals surface area contributed by atoms with Gasteiger partial charge in [-0.1, -0.05) is 17.7 Å². The van der Waals surface area contributed by atoms with Gasteiger partial charge in [0, 0.05) is 6.20 Å². The summed E-state index contributed by atoms with van der Waals surface area (Å²) in [6.07, 6.45) is 4.44. The molecule has 0 radical (unpaired) electrons. The van der Waals surface area contributed by atoms with Gasteiger partial charge < -0.3 is 10.8 Å². The van der Waals surface area contributed by atoms with Gasteiger partial charge in [0.25, 0.3) is 0 Å². The Bertz CT molecular complexity index is 377. The number of nitrogens with zero attached hydrogens (tertiary/aromatic N) is 1. The Morgan fingerprint density at radius 2 is 2.43 bits per heavy atom. The molecule has 1 heterocycles. The molecule has 0 spiro atoms. The predicted molar refractivity (Wildman–Crippen MR) is 54.9 cm³/mol. The van der Waals surface area contributed by atoms with E-state index in [1.54, 1.807) is 12.1 Å². The van der Waals surface area contributed by atoms with Gasteiger partial charge in [0.15, 0.2) is 0 Å². The average Bonchev–Trinajstić information content (AvgIpc) is 2.08. The van der Waals surface area contributed by atoms with Gasteiger partial charge in [-0.05, 0) is 12.1 Å². The van der Waals surface area contributed by atoms with E-state index >= 15 is 0 Å². The third kappa shape index (κ3) is 3.06. The molecular formula is C9H9ClN2O2. The van der Waals surface area contributed by atoms with Crippen LogP contribution in [0.2, 0.25) is 5.02 Å². The van der Waals surface area contributed by atoms with Crippen molar-refractivity contribution in [2.45, 2.75) is 6.42 Å². The smallest absolute Gasteiger partial charge is 0.307 e. The lowest BCUT2D eigenvalue weighted by molar-refractivity contribution is -0.135. The summed E-state index contributed by atoms with van der Waals surface area (Å²) in [7, 11) is 0. The fourth-order valence-electron chi connectivity index (χ4n) is 0.876. The summed E-state index contributed by atoms with van der Waals surface area (Å²) in [5, 5.41) is 8.84. The van der Waals surface area contributed by atoms with Gasteiger partial charge >= 0.3 is 5.97 Å². The maximum atomic E-state index is 10.2. The first-order valence-electron chi connectivity index (χ1n) is 3.89. The molecular weight excluding hydrogens is 204 g/mol. The number of hydrogen-bond donors (Lipinski definition) is 2. The summed E-state index contributed by atoms with van der Waals surface area (Å²) < 4.78 is 0. The Morgan fingerprint density at radius 1 is 1.71 bits per heavy atom. The minimum absolute atomic E-state index is 0.0518. The molecule has 0 unspecified atom stereocenters. The number of carboxylic acid groups (broad SMARTS) is 1. The van der Waals surface area contributed by atoms with Crippen molar-refractivity contribution >= 4 is 29.3 Å². The van der Waals surface area contributed by atoms with Gasteiger partial charge in [0.05, 0.1) is 22.8 Å². The first-order chi connectivity index (χ1) is 6.59. The molecule has 0 aliphatic heterocycles. The van der Waals surface area contributed by atoms with E-state index in [1.807, 2.05) is 0 Å². The zero-order valence-electron chi connectivity index (χ0n) is 7.27. The van der Waals surface area contributed by atoms with Crippen LogP contribution < -0.4 is 5.73 Å². The molecule has 1 aromatic rings. The number of aliphatic carboxylic acids is 1. The minimum atomic E-state index is -0.895. The number of rotatable bonds is 3. The zero-order valence-corrected chi connectivity index (χ0v) is 8.03. The van der Waals surface area contributed by atoms with Crippen molar-refractivity contribution in [1.82, 2.24) is 4.98 Å². The third-order valence-electron chi connectivity index (χ3n) is 1.48. The van der Waals surface area contributed by atoms with E-state index in [4.69, 9.17) is 22.4 Å². The Balaban J connectivity index is 2.76. The standard InChI is InChI=1S/C9H9ClN2O2/c10-6-4-7(11)8(12-5-6)2-1-3-9(13)14/h1-2,4-5H,3,11H2,(H,13,14). The van der Waals surface area contributed by atoms with E-state index in [2.05, 4.69) is 4.98 Å². The summed E-state index contributed by atoms with van der Waals surface area (Å²) in [5.74, 6) is -0.895. The first kappa shape index (κ1) is 10.5. The molecule has 0 fully saturated rings. The number of carboxylic acids is 1. The highest BCUT2D eigenvalue weighted by Crippen LogP contribution is 2.16. The Labute approximate surface area is 86.0 Å². The topological polar surface area (TPSA) is 76.2 Å². The van der Waals surface area contributed by atoms with Crippen LogP contribution in [0.3, 0.4) is 0 Å². The monoisotopic (exact) mass is 212 g/mol. The van der Waals surface area contributed by atoms with Crippen molar-refractivity contribution in [3.63, 3.8) is 0 Å². The van der Waals surface area contributed by atoms with Crippen molar-refractivity contribution in [2.75, 3.05) is 5.73 Å². The maximum absolute atomic E-state index is 10.2. The lowest BCUT2D eigenvalue weighted by atomic mass is 10.2. The molecule has 4 nitrogen and oxygen atoms in total. The predicted octanol–water partition coefficient (Wildman–Crippen LogP) is 1.81. The molecule has 1 aromatic heterocycles. The van der Waals surface area contributed by atoms with Crippen LogP contribution >= 0.6 is 11.6 Å². The summed E-state index contributed by atoms with van der Waals surface area (Å²) in [4.78, 5) is 14.1. The molecule has 0 saturated heterocycles. The number of nitrogens with two attached hydrogens (primary N) is 1. The third-order valence-corrected chi connectivity index (χ3v) is 1.69. The molecule has 0 aromatic carbocycles. The largest absolute Gasteiger partial charge is 0.481 e. The lowest BCUT2D eigenvalue weighted by Crippen LogP contribution is -1.93. The van der Waals surface area contributed by atoms with Gasteiger partial charge in [-0.25, -0.2) is 0 Å². The lowest BCUT2D eigenvalue weighted by Gasteiger charge is -1.98. The molecule has 3 N–H and O–H groups in total. The molecule has 0 bridgehead atoms. The van der Waals surface area contributed by atoms with Crippen LogP contribution in [0.4, 0.5) is 5.69 Å². The number of hydrogen-bond acceptors (Lipinski definition) is 3. The van der Waals surface area contributed by atoms with Crippen LogP contribution in [0.1, 0.15) is 12.1 Å². The van der Waals surface area contributed by atoms with Crippen LogP contribution in [0.15, 0.2) is 18.3 Å². The number of carbonyl (C=O) groups is 1. The highest BCUT2D eigenvalue weighted by Gasteiger charge is 1.97. The number of halogens is 1. The molecule has 1 rings (SSSR count). The Kier molecular flexibility index (Phi) is 3.48. The van der Waals surface area contributed by atoms with E-state index in [9.17, 15) is 4.79 Å². The highest BCUT2D eigenvalue weighted by molar-refractivity contribution is 6.30. The summed E-state index contributed by atoms with van der Waals surface area (Å²) in [6.45, 7) is 0. The number of aromatic nitrogens is 1. The van der Waals surface area contributed by atoms with Crippen LogP contribution in [-0.4, -0.2) is 16.1 Å². The van der Waals surface area contributed by atoms with Crippen molar-refractivity contribution in [1.29, 1.82) is 0 Å². The van der Waals surface area contributed by atoms with Gasteiger partial charge in [0.2, 0.25) is 0 Å². The van der Waals surface area contributed by atoms with Crippen LogP contribution in [0.5, 0.6) is 0 Å². The van der Waals surface area contributed by atoms with E-state index in [0.29, 0.717) is 16.4 Å². The second-order valence-corrected chi connectivity index (χ2v) is 3.06. The SMILES string of the molecule is Nc1cc(Cl)cnc1C=CCC(=O)O. The summed E-state index contributed by atoms with van der Waals surface area (Å²) in [5.41, 5.74) is 6.55. The molecule has 5 heteroatoms. The summed E-state index contributed by atoms with van der Waals surface area (Å²) >= 11 is 5.64. The van der Waals surface area contributed by atoms with Crippen molar-refractivity contribution in [2.24, 2.45) is 0 Å². The molecule has 0 saturated carbocycles. The van der Waals surface area contributed by atoms with E-state index < -0.39 is 5.97 Å². The first-order valence-corrected chi connectivity index (χ1v) is 4.26. The van der Waals surface area contributed by atoms with Gasteiger partial charge in [-0.15, -0.1) is 0 Å². The number of nitrogen functional groups attached to an aromatic ring is 1. The minimum Gasteiger partial charge on any atom is -0.481 e. The highest BCUT2D eigenvalue weighted by atomic mass is 35.5. The summed E-state index contributed by atoms with van der Waals surface area (Å²) in [6, 6.07) is 1.56. The van der Waals surface area contributed by atoms with Gasteiger partial charge in [0.1, 0.15) is 0 Å². The van der Waals surface area contributed by atoms with Crippen molar-refractivity contribution < 1.29 is 9.90 Å². The van der Waals surface area contributed by atoms with Crippen molar-refractivity contribution in [3.8, 4) is 0 Å². The second kappa shape index (κ2) is 4.62. The fraction of sp³-hybridized carbons (Fsp3) is 0.111. The van der Waals surface area contributed by atoms with Crippen LogP contribution in [0.25, 0.3) is 6.08 Å². The fourth-order valence-corrected chi connectivity index (χ4v) is 1.04. The molecule has 14 heavy (non-hydrogen) atoms. The van der Waals surface area contributed by atoms with E-state index in [1.165, 1.54) is 12.3 Å². The quantitative estimate of drug-likeness (QED) is 0.801. The van der Waals surface area contributed by atoms with Crippen LogP contribution in [0, 0.1) is 0 Å². The molecule has 0 aliphatic rings. The Hall–Kier alpha value is -1.55. The normalized spacial score (nSPS) is 10.6. The zero-order chi connectivity index (χ0) is 10.6. The molecule has 0 atom stereocenters. The molecule has 0 aliphatic carbocycles. The molecule has 74 valence electrons. The average molecular weight is 213 g/mol. The molecule has 0 amide bonds. The number of anilines is 1. The van der Waals surface area contributed by atoms with Gasteiger partial charge in [-0.3, -0.25) is 9.78 Å². The van der Waals surface area contributed by atoms with E-state index in [-0.39, 0.29) is 6.42 Å².